The van der Waals surface area contributed by atoms with E-state index in [1.165, 1.54) is 9.91 Å². The molecular formula is C19H18N4O3. The molecule has 1 saturated heterocycles. The first-order valence-electron chi connectivity index (χ1n) is 8.30. The van der Waals surface area contributed by atoms with Crippen molar-refractivity contribution >= 4 is 23.2 Å². The van der Waals surface area contributed by atoms with Gasteiger partial charge in [-0.25, -0.2) is 9.91 Å². The zero-order valence-electron chi connectivity index (χ0n) is 14.7. The maximum atomic E-state index is 13.1. The number of amides is 2. The molecule has 2 aromatic rings. The average molecular weight is 350 g/mol. The van der Waals surface area contributed by atoms with E-state index < -0.39 is 12.1 Å². The lowest BCUT2D eigenvalue weighted by molar-refractivity contribution is -0.121. The average Bonchev–Trinajstić information content (AvgIpc) is 3.15. The molecule has 2 aliphatic rings. The van der Waals surface area contributed by atoms with E-state index in [9.17, 15) is 9.59 Å². The Morgan fingerprint density at radius 3 is 2.38 bits per heavy atom. The number of ether oxygens (including phenoxy) is 1. The van der Waals surface area contributed by atoms with Gasteiger partial charge in [-0.1, -0.05) is 17.4 Å². The highest BCUT2D eigenvalue weighted by molar-refractivity contribution is 6.26. The van der Waals surface area contributed by atoms with E-state index in [0.29, 0.717) is 17.1 Å². The fraction of sp³-hybridized carbons (Fsp3) is 0.263. The standard InChI is InChI=1S/C19H18N4O3/c1-11-7-12(2)9-14(8-11)22-18(24)16-17(19(22)25)23(21-20-16)13-5-4-6-15(10-13)26-3/h4-10,16-17H,1-3H3/t16-,17+/m0/s1. The summed E-state index contributed by atoms with van der Waals surface area (Å²) < 4.78 is 5.23. The van der Waals surface area contributed by atoms with Gasteiger partial charge >= 0.3 is 0 Å². The molecule has 4 rings (SSSR count). The van der Waals surface area contributed by atoms with Gasteiger partial charge in [0.2, 0.25) is 0 Å². The quantitative estimate of drug-likeness (QED) is 0.798. The van der Waals surface area contributed by atoms with Crippen molar-refractivity contribution in [2.24, 2.45) is 10.3 Å². The van der Waals surface area contributed by atoms with Gasteiger partial charge in [0.1, 0.15) is 5.75 Å². The maximum Gasteiger partial charge on any atom is 0.263 e. The third-order valence-corrected chi connectivity index (χ3v) is 4.56. The molecule has 0 saturated carbocycles. The number of nitrogens with zero attached hydrogens (tertiary/aromatic N) is 4. The van der Waals surface area contributed by atoms with Gasteiger partial charge in [0, 0.05) is 6.07 Å². The number of anilines is 2. The normalized spacial score (nSPS) is 21.5. The fourth-order valence-corrected chi connectivity index (χ4v) is 3.46. The Hall–Kier alpha value is -3.22. The highest BCUT2D eigenvalue weighted by atomic mass is 16.5. The van der Waals surface area contributed by atoms with Gasteiger partial charge in [0.15, 0.2) is 12.1 Å². The minimum absolute atomic E-state index is 0.321. The largest absolute Gasteiger partial charge is 0.497 e. The molecule has 7 heteroatoms. The van der Waals surface area contributed by atoms with Gasteiger partial charge in [-0.05, 0) is 49.2 Å². The Morgan fingerprint density at radius 1 is 0.962 bits per heavy atom. The minimum Gasteiger partial charge on any atom is -0.497 e. The molecule has 0 N–H and O–H groups in total. The Kier molecular flexibility index (Phi) is 3.72. The molecular weight excluding hydrogens is 332 g/mol. The Morgan fingerprint density at radius 2 is 1.69 bits per heavy atom. The first-order chi connectivity index (χ1) is 12.5. The van der Waals surface area contributed by atoms with E-state index in [4.69, 9.17) is 4.74 Å². The number of imide groups is 1. The summed E-state index contributed by atoms with van der Waals surface area (Å²) in [5.74, 6) is -0.0268. The summed E-state index contributed by atoms with van der Waals surface area (Å²) in [6, 6.07) is 11.2. The maximum absolute atomic E-state index is 13.1. The van der Waals surface area contributed by atoms with Gasteiger partial charge in [0.25, 0.3) is 11.8 Å². The van der Waals surface area contributed by atoms with Crippen LogP contribution in [0.25, 0.3) is 0 Å². The second-order valence-electron chi connectivity index (χ2n) is 6.50. The predicted molar refractivity (Wildman–Crippen MR) is 96.3 cm³/mol. The third kappa shape index (κ3) is 2.44. The summed E-state index contributed by atoms with van der Waals surface area (Å²) in [7, 11) is 1.57. The molecule has 2 amide bonds. The molecule has 0 aromatic heterocycles. The molecule has 1 fully saturated rings. The smallest absolute Gasteiger partial charge is 0.263 e. The van der Waals surface area contributed by atoms with Crippen molar-refractivity contribution in [3.8, 4) is 5.75 Å². The van der Waals surface area contributed by atoms with Crippen LogP contribution in [0, 0.1) is 13.8 Å². The summed E-state index contributed by atoms with van der Waals surface area (Å²) in [4.78, 5) is 27.1. The van der Waals surface area contributed by atoms with Gasteiger partial charge in [0.05, 0.1) is 18.5 Å². The number of rotatable bonds is 3. The number of carbonyl (C=O) groups is 2. The lowest BCUT2D eigenvalue weighted by Crippen LogP contribution is -2.39. The first kappa shape index (κ1) is 16.3. The zero-order chi connectivity index (χ0) is 18.4. The molecule has 2 aliphatic heterocycles. The molecule has 0 unspecified atom stereocenters. The van der Waals surface area contributed by atoms with E-state index in [1.807, 2.05) is 32.0 Å². The number of aryl methyl sites for hydroxylation is 2. The number of hydrogen-bond donors (Lipinski definition) is 0. The molecule has 2 aromatic carbocycles. The molecule has 7 nitrogen and oxygen atoms in total. The van der Waals surface area contributed by atoms with Crippen molar-refractivity contribution in [1.29, 1.82) is 0 Å². The second kappa shape index (κ2) is 5.94. The monoisotopic (exact) mass is 350 g/mol. The van der Waals surface area contributed by atoms with Crippen molar-refractivity contribution in [2.45, 2.75) is 25.9 Å². The van der Waals surface area contributed by atoms with Gasteiger partial charge < -0.3 is 4.74 Å². The fourth-order valence-electron chi connectivity index (χ4n) is 3.46. The number of benzene rings is 2. The highest BCUT2D eigenvalue weighted by Crippen LogP contribution is 2.36. The lowest BCUT2D eigenvalue weighted by atomic mass is 10.1. The summed E-state index contributed by atoms with van der Waals surface area (Å²) >= 11 is 0. The Labute approximate surface area is 150 Å². The van der Waals surface area contributed by atoms with Crippen LogP contribution in [0.4, 0.5) is 11.4 Å². The number of hydrogen-bond acceptors (Lipinski definition) is 6. The Bertz CT molecular complexity index is 920. The van der Waals surface area contributed by atoms with Crippen molar-refractivity contribution < 1.29 is 14.3 Å². The van der Waals surface area contributed by atoms with E-state index in [-0.39, 0.29) is 11.8 Å². The van der Waals surface area contributed by atoms with Crippen molar-refractivity contribution in [3.63, 3.8) is 0 Å². The van der Waals surface area contributed by atoms with Crippen molar-refractivity contribution in [1.82, 2.24) is 0 Å². The third-order valence-electron chi connectivity index (χ3n) is 4.56. The Balaban J connectivity index is 1.71. The number of carbonyl (C=O) groups excluding carboxylic acids is 2. The summed E-state index contributed by atoms with van der Waals surface area (Å²) in [6.07, 6.45) is 0. The highest BCUT2D eigenvalue weighted by Gasteiger charge is 2.55. The van der Waals surface area contributed by atoms with Crippen molar-refractivity contribution in [2.75, 3.05) is 17.0 Å². The van der Waals surface area contributed by atoms with Crippen LogP contribution in [0.15, 0.2) is 52.8 Å². The van der Waals surface area contributed by atoms with Gasteiger partial charge in [-0.3, -0.25) is 9.59 Å². The molecule has 0 bridgehead atoms. The zero-order valence-corrected chi connectivity index (χ0v) is 14.7. The van der Waals surface area contributed by atoms with E-state index in [2.05, 4.69) is 10.3 Å². The lowest BCUT2D eigenvalue weighted by Gasteiger charge is -2.21. The molecule has 2 atom stereocenters. The van der Waals surface area contributed by atoms with Crippen LogP contribution in [0.3, 0.4) is 0 Å². The van der Waals surface area contributed by atoms with E-state index in [0.717, 1.165) is 11.1 Å². The van der Waals surface area contributed by atoms with Crippen LogP contribution in [0.5, 0.6) is 5.75 Å². The van der Waals surface area contributed by atoms with Crippen LogP contribution in [-0.2, 0) is 9.59 Å². The molecule has 2 heterocycles. The predicted octanol–water partition coefficient (Wildman–Crippen LogP) is 2.81. The first-order valence-corrected chi connectivity index (χ1v) is 8.30. The van der Waals surface area contributed by atoms with Crippen LogP contribution in [0.2, 0.25) is 0 Å². The number of fused-ring (bicyclic) bond motifs is 1. The van der Waals surface area contributed by atoms with E-state index in [1.54, 1.807) is 31.4 Å². The molecule has 0 spiro atoms. The van der Waals surface area contributed by atoms with Crippen molar-refractivity contribution in [3.05, 3.63) is 53.6 Å². The molecule has 132 valence electrons. The van der Waals surface area contributed by atoms with Crippen LogP contribution >= 0.6 is 0 Å². The number of methoxy groups -OCH3 is 1. The van der Waals surface area contributed by atoms with Crippen LogP contribution in [-0.4, -0.2) is 31.0 Å². The molecule has 0 aliphatic carbocycles. The topological polar surface area (TPSA) is 74.6 Å². The SMILES string of the molecule is COc1cccc(N2N=N[C@@H]3C(=O)N(c4cc(C)cc(C)c4)C(=O)[C@@H]32)c1. The summed E-state index contributed by atoms with van der Waals surface area (Å²) in [5, 5.41) is 9.62. The molecule has 0 radical (unpaired) electrons. The van der Waals surface area contributed by atoms with Gasteiger partial charge in [-0.2, -0.15) is 5.11 Å². The van der Waals surface area contributed by atoms with Crippen LogP contribution in [0.1, 0.15) is 11.1 Å². The minimum atomic E-state index is -0.825. The second-order valence-corrected chi connectivity index (χ2v) is 6.50. The molecule has 26 heavy (non-hydrogen) atoms. The van der Waals surface area contributed by atoms with Crippen LogP contribution < -0.4 is 14.6 Å². The van der Waals surface area contributed by atoms with Gasteiger partial charge in [-0.15, -0.1) is 0 Å². The summed E-state index contributed by atoms with van der Waals surface area (Å²) in [5.41, 5.74) is 3.21. The summed E-state index contributed by atoms with van der Waals surface area (Å²) in [6.45, 7) is 3.87. The van der Waals surface area contributed by atoms with E-state index >= 15 is 0 Å².